The zero-order valence-corrected chi connectivity index (χ0v) is 29.5. The standard InChI is InChI=1S/C37H47ClN4O5S/c1-24-6-3-10-33(46-2)30-14-11-27(30)20-42-22-37(17-5-7-25-18-28(38)13-15-31(25)37)23-47-34-16-12-26(19-32(34)42)35(43)40-48(45,21-24)41-36(44)39-29-8-4-9-29/h3,10,12-13,15-16,18-19,24,27,29-30,33H,4-9,11,14,17,20-23H2,1-2H3,(H2,39,40,41,43,44,45)/b10-3+/t24-,27-,30+,33-,37-,48-/m0/s1. The van der Waals surface area contributed by atoms with Gasteiger partial charge in [-0.3, -0.25) is 9.52 Å². The lowest BCUT2D eigenvalue weighted by Gasteiger charge is -2.46. The molecule has 0 unspecified atom stereocenters. The SMILES string of the molecule is CO[C@H]1/C=C/C[C@H](C)C[S@@](=O)(NC(=O)NC2CCC2)=NC(=O)c2ccc3c(c2)N(C[C@@H]2CC[C@H]21)C[C@@]1(CCCc2cc(Cl)ccc21)CO3. The number of nitrogens with zero attached hydrogens (tertiary/aromatic N) is 2. The zero-order valence-electron chi connectivity index (χ0n) is 27.9. The summed E-state index contributed by atoms with van der Waals surface area (Å²) in [5.74, 6) is 0.823. The Morgan fingerprint density at radius 3 is 2.75 bits per heavy atom. The highest BCUT2D eigenvalue weighted by molar-refractivity contribution is 7.92. The van der Waals surface area contributed by atoms with Crippen LogP contribution in [-0.2, 0) is 26.5 Å². The van der Waals surface area contributed by atoms with Crippen molar-refractivity contribution < 1.29 is 23.3 Å². The highest BCUT2D eigenvalue weighted by Gasteiger charge is 2.44. The summed E-state index contributed by atoms with van der Waals surface area (Å²) >= 11 is 6.45. The van der Waals surface area contributed by atoms with E-state index < -0.39 is 21.9 Å². The number of anilines is 1. The number of rotatable bonds is 3. The highest BCUT2D eigenvalue weighted by atomic mass is 35.5. The summed E-state index contributed by atoms with van der Waals surface area (Å²) in [6, 6.07) is 11.2. The van der Waals surface area contributed by atoms with E-state index in [1.807, 2.05) is 25.1 Å². The summed E-state index contributed by atoms with van der Waals surface area (Å²) in [5, 5.41) is 3.63. The Kier molecular flexibility index (Phi) is 9.52. The van der Waals surface area contributed by atoms with Gasteiger partial charge in [-0.05, 0) is 117 Å². The quantitative estimate of drug-likeness (QED) is 0.341. The summed E-state index contributed by atoms with van der Waals surface area (Å²) in [4.78, 5) is 29.2. The van der Waals surface area contributed by atoms with E-state index in [0.717, 1.165) is 80.9 Å². The van der Waals surface area contributed by atoms with Crippen LogP contribution in [0.1, 0.15) is 79.8 Å². The third-order valence-electron chi connectivity index (χ3n) is 11.2. The molecule has 2 fully saturated rings. The first-order chi connectivity index (χ1) is 23.1. The van der Waals surface area contributed by atoms with Gasteiger partial charge in [-0.25, -0.2) is 9.00 Å². The minimum Gasteiger partial charge on any atom is -0.490 e. The van der Waals surface area contributed by atoms with E-state index in [-0.39, 0.29) is 29.2 Å². The first-order valence-corrected chi connectivity index (χ1v) is 19.6. The fourth-order valence-electron chi connectivity index (χ4n) is 8.28. The van der Waals surface area contributed by atoms with E-state index in [4.69, 9.17) is 21.1 Å². The maximum Gasteiger partial charge on any atom is 0.327 e. The smallest absolute Gasteiger partial charge is 0.327 e. The maximum atomic E-state index is 14.3. The van der Waals surface area contributed by atoms with Crippen LogP contribution >= 0.6 is 11.6 Å². The summed E-state index contributed by atoms with van der Waals surface area (Å²) in [7, 11) is -1.66. The van der Waals surface area contributed by atoms with E-state index in [2.05, 4.69) is 43.6 Å². The third kappa shape index (κ3) is 6.85. The predicted octanol–water partition coefficient (Wildman–Crippen LogP) is 6.83. The number of benzene rings is 2. The summed E-state index contributed by atoms with van der Waals surface area (Å²) in [5.41, 5.74) is 3.48. The fourth-order valence-corrected chi connectivity index (χ4v) is 10.3. The molecular weight excluding hydrogens is 648 g/mol. The molecule has 3 amide bonds. The molecule has 2 heterocycles. The van der Waals surface area contributed by atoms with Gasteiger partial charge >= 0.3 is 6.03 Å². The van der Waals surface area contributed by atoms with Crippen molar-refractivity contribution in [2.45, 2.75) is 82.3 Å². The van der Waals surface area contributed by atoms with E-state index in [9.17, 15) is 13.8 Å². The first-order valence-electron chi connectivity index (χ1n) is 17.5. The van der Waals surface area contributed by atoms with Gasteiger partial charge in [0, 0.05) is 42.2 Å². The van der Waals surface area contributed by atoms with Gasteiger partial charge in [0.1, 0.15) is 15.7 Å². The number of aryl methyl sites for hydroxylation is 1. The minimum absolute atomic E-state index is 0.0357. The molecule has 11 heteroatoms. The van der Waals surface area contributed by atoms with Crippen LogP contribution < -0.4 is 19.7 Å². The van der Waals surface area contributed by atoms with Crippen LogP contribution in [0.4, 0.5) is 10.5 Å². The number of carbonyl (C=O) groups is 2. The van der Waals surface area contributed by atoms with Gasteiger partial charge in [0.15, 0.2) is 0 Å². The average Bonchev–Trinajstić information content (AvgIpc) is 3.16. The van der Waals surface area contributed by atoms with Crippen molar-refractivity contribution in [3.63, 3.8) is 0 Å². The molecule has 48 heavy (non-hydrogen) atoms. The summed E-state index contributed by atoms with van der Waals surface area (Å²) in [6.45, 7) is 4.02. The van der Waals surface area contributed by atoms with Gasteiger partial charge in [0.25, 0.3) is 5.91 Å². The number of halogens is 1. The fraction of sp³-hybridized carbons (Fsp3) is 0.568. The number of hydrogen-bond donors (Lipinski definition) is 2. The molecule has 2 aliphatic heterocycles. The van der Waals surface area contributed by atoms with Crippen LogP contribution in [0, 0.1) is 17.8 Å². The highest BCUT2D eigenvalue weighted by Crippen LogP contribution is 2.47. The number of nitrogens with one attached hydrogen (secondary N) is 2. The Balaban J connectivity index is 1.28. The number of fused-ring (bicyclic) bond motifs is 4. The Bertz CT molecular complexity index is 1720. The van der Waals surface area contributed by atoms with Crippen molar-refractivity contribution in [1.29, 1.82) is 0 Å². The second kappa shape index (κ2) is 13.7. The molecule has 2 aromatic rings. The molecular formula is C37H47ClN4O5S. The molecule has 2 N–H and O–H groups in total. The molecule has 0 aromatic heterocycles. The molecule has 2 bridgehead atoms. The number of urea groups is 1. The van der Waals surface area contributed by atoms with Crippen molar-refractivity contribution in [2.24, 2.45) is 22.1 Å². The van der Waals surface area contributed by atoms with Crippen LogP contribution in [0.5, 0.6) is 5.75 Å². The van der Waals surface area contributed by atoms with Gasteiger partial charge in [0.05, 0.1) is 24.2 Å². The number of amides is 3. The molecule has 3 aliphatic carbocycles. The molecule has 7 rings (SSSR count). The van der Waals surface area contributed by atoms with Crippen LogP contribution in [0.2, 0.25) is 5.02 Å². The molecule has 2 aromatic carbocycles. The molecule has 0 saturated heterocycles. The van der Waals surface area contributed by atoms with Gasteiger partial charge < -0.3 is 19.7 Å². The Hall–Kier alpha value is -3.08. The van der Waals surface area contributed by atoms with Gasteiger partial charge in [-0.2, -0.15) is 0 Å². The summed E-state index contributed by atoms with van der Waals surface area (Å²) in [6.07, 6.45) is 12.9. The van der Waals surface area contributed by atoms with Crippen molar-refractivity contribution in [3.05, 3.63) is 70.3 Å². The molecule has 1 spiro atoms. The normalized spacial score (nSPS) is 32.6. The molecule has 0 radical (unpaired) electrons. The summed E-state index contributed by atoms with van der Waals surface area (Å²) < 4.78 is 33.9. The lowest BCUT2D eigenvalue weighted by atomic mass is 9.68. The Morgan fingerprint density at radius 1 is 1.15 bits per heavy atom. The van der Waals surface area contributed by atoms with Crippen molar-refractivity contribution in [1.82, 2.24) is 10.0 Å². The van der Waals surface area contributed by atoms with E-state index in [1.54, 1.807) is 13.2 Å². The topological polar surface area (TPSA) is 109 Å². The van der Waals surface area contributed by atoms with E-state index in [0.29, 0.717) is 30.4 Å². The van der Waals surface area contributed by atoms with Crippen LogP contribution in [0.15, 0.2) is 52.9 Å². The third-order valence-corrected chi connectivity index (χ3v) is 13.4. The average molecular weight is 695 g/mol. The molecule has 9 nitrogen and oxygen atoms in total. The first kappa shape index (κ1) is 33.4. The predicted molar refractivity (Wildman–Crippen MR) is 189 cm³/mol. The Morgan fingerprint density at radius 2 is 2.00 bits per heavy atom. The number of allylic oxidation sites excluding steroid dienone is 1. The molecule has 5 aliphatic rings. The molecule has 6 atom stereocenters. The second-order valence-electron chi connectivity index (χ2n) is 14.7. The maximum absolute atomic E-state index is 14.3. The Labute approximate surface area is 289 Å². The minimum atomic E-state index is -3.43. The van der Waals surface area contributed by atoms with Crippen molar-refractivity contribution >= 4 is 39.1 Å². The number of hydrogen-bond acceptors (Lipinski definition) is 6. The molecule has 258 valence electrons. The zero-order chi connectivity index (χ0) is 33.5. The van der Waals surface area contributed by atoms with Gasteiger partial charge in [-0.15, -0.1) is 4.36 Å². The number of ether oxygens (including phenoxy) is 2. The van der Waals surface area contributed by atoms with E-state index in [1.165, 1.54) is 11.1 Å². The van der Waals surface area contributed by atoms with Gasteiger partial charge in [0.2, 0.25) is 0 Å². The van der Waals surface area contributed by atoms with Crippen LogP contribution in [0.3, 0.4) is 0 Å². The van der Waals surface area contributed by atoms with Crippen molar-refractivity contribution in [3.8, 4) is 5.75 Å². The second-order valence-corrected chi connectivity index (χ2v) is 17.1. The van der Waals surface area contributed by atoms with Crippen LogP contribution in [0.25, 0.3) is 0 Å². The monoisotopic (exact) mass is 694 g/mol. The number of carbonyl (C=O) groups excluding carboxylic acids is 2. The van der Waals surface area contributed by atoms with Gasteiger partial charge in [-0.1, -0.05) is 36.7 Å². The molecule has 2 saturated carbocycles. The largest absolute Gasteiger partial charge is 0.490 e. The van der Waals surface area contributed by atoms with E-state index >= 15 is 0 Å². The van der Waals surface area contributed by atoms with Crippen molar-refractivity contribution in [2.75, 3.05) is 37.5 Å². The number of methoxy groups -OCH3 is 1. The lowest BCUT2D eigenvalue weighted by Crippen LogP contribution is -2.49. The lowest BCUT2D eigenvalue weighted by molar-refractivity contribution is 0.0131. The van der Waals surface area contributed by atoms with Crippen LogP contribution in [-0.4, -0.2) is 60.9 Å².